The molecule has 9 heteroatoms. The van der Waals surface area contributed by atoms with Crippen LogP contribution in [0.2, 0.25) is 0 Å². The van der Waals surface area contributed by atoms with Gasteiger partial charge in [-0.3, -0.25) is 9.78 Å². The number of fused-ring (bicyclic) bond motifs is 3. The molecule has 0 radical (unpaired) electrons. The smallest absolute Gasteiger partial charge is 0.389 e. The highest BCUT2D eigenvalue weighted by Crippen LogP contribution is 2.33. The molecule has 1 aromatic carbocycles. The minimum Gasteiger partial charge on any atom is -0.491 e. The van der Waals surface area contributed by atoms with E-state index in [4.69, 9.17) is 10.5 Å². The summed E-state index contributed by atoms with van der Waals surface area (Å²) in [4.78, 5) is 16.5. The van der Waals surface area contributed by atoms with Crippen LogP contribution in [-0.2, 0) is 7.05 Å². The first-order valence-corrected chi connectivity index (χ1v) is 8.98. The van der Waals surface area contributed by atoms with Gasteiger partial charge in [0.15, 0.2) is 0 Å². The second kappa shape index (κ2) is 7.47. The van der Waals surface area contributed by atoms with Crippen LogP contribution in [0.5, 0.6) is 5.75 Å². The molecule has 144 valence electrons. The molecule has 0 bridgehead atoms. The van der Waals surface area contributed by atoms with E-state index < -0.39 is 18.6 Å². The van der Waals surface area contributed by atoms with E-state index >= 15 is 0 Å². The number of hydrogen-bond acceptors (Lipinski definition) is 4. The third kappa shape index (κ3) is 4.24. The Labute approximate surface area is 161 Å². The molecule has 3 aromatic rings. The summed E-state index contributed by atoms with van der Waals surface area (Å²) in [5.41, 5.74) is 6.16. The van der Waals surface area contributed by atoms with Crippen molar-refractivity contribution >= 4 is 37.6 Å². The van der Waals surface area contributed by atoms with Gasteiger partial charge in [-0.15, -0.1) is 0 Å². The number of benzene rings is 1. The first-order chi connectivity index (χ1) is 12.7. The summed E-state index contributed by atoms with van der Waals surface area (Å²) in [6, 6.07) is 4.50. The van der Waals surface area contributed by atoms with Crippen molar-refractivity contribution in [2.75, 3.05) is 6.61 Å². The fourth-order valence-corrected chi connectivity index (χ4v) is 3.32. The second-order valence-corrected chi connectivity index (χ2v) is 7.16. The van der Waals surface area contributed by atoms with Crippen molar-refractivity contribution < 1.29 is 17.9 Å². The molecular weight excluding hydrogens is 427 g/mol. The fourth-order valence-electron chi connectivity index (χ4n) is 2.87. The van der Waals surface area contributed by atoms with E-state index in [1.54, 1.807) is 25.4 Å². The number of aromatic nitrogens is 2. The maximum atomic E-state index is 12.5. The second-order valence-electron chi connectivity index (χ2n) is 6.31. The Kier molecular flexibility index (Phi) is 5.43. The van der Waals surface area contributed by atoms with Crippen molar-refractivity contribution in [2.24, 2.45) is 12.8 Å². The molecule has 2 heterocycles. The molecule has 1 atom stereocenters. The van der Waals surface area contributed by atoms with E-state index in [1.807, 2.05) is 6.07 Å². The van der Waals surface area contributed by atoms with Crippen LogP contribution in [-0.4, -0.2) is 28.4 Å². The lowest BCUT2D eigenvalue weighted by Gasteiger charge is -2.17. The number of ether oxygens (including phenoxy) is 1. The van der Waals surface area contributed by atoms with Gasteiger partial charge >= 0.3 is 6.18 Å². The van der Waals surface area contributed by atoms with Crippen LogP contribution < -0.4 is 16.0 Å². The fraction of sp³-hybridized carbons (Fsp3) is 0.333. The molecule has 2 aromatic heterocycles. The number of nitrogens with two attached hydrogens (primary N) is 1. The third-order valence-electron chi connectivity index (χ3n) is 4.31. The van der Waals surface area contributed by atoms with Gasteiger partial charge in [-0.25, -0.2) is 0 Å². The van der Waals surface area contributed by atoms with E-state index in [9.17, 15) is 18.0 Å². The number of rotatable bonds is 5. The van der Waals surface area contributed by atoms with Gasteiger partial charge < -0.3 is 15.0 Å². The number of pyridine rings is 2. The van der Waals surface area contributed by atoms with Crippen molar-refractivity contribution in [1.82, 2.24) is 9.55 Å². The zero-order valence-corrected chi connectivity index (χ0v) is 16.0. The van der Waals surface area contributed by atoms with Crippen molar-refractivity contribution in [3.8, 4) is 5.75 Å². The van der Waals surface area contributed by atoms with Crippen molar-refractivity contribution in [1.29, 1.82) is 0 Å². The minimum atomic E-state index is -4.24. The zero-order valence-electron chi connectivity index (χ0n) is 14.4. The molecular formula is C18H17BrF3N3O2. The minimum absolute atomic E-state index is 0.0639. The highest BCUT2D eigenvalue weighted by Gasteiger charge is 2.27. The Morgan fingerprint density at radius 1 is 1.30 bits per heavy atom. The Hall–Kier alpha value is -2.13. The molecule has 0 aliphatic heterocycles. The summed E-state index contributed by atoms with van der Waals surface area (Å²) in [6.07, 6.45) is -2.28. The van der Waals surface area contributed by atoms with E-state index in [0.29, 0.717) is 21.1 Å². The van der Waals surface area contributed by atoms with Crippen molar-refractivity contribution in [3.05, 3.63) is 45.4 Å². The SMILES string of the molecule is Cn1c(=O)c2cnccc2c2cc(Br)c(OCC(N)CCC(F)(F)F)cc21. The van der Waals surface area contributed by atoms with Crippen molar-refractivity contribution in [2.45, 2.75) is 25.1 Å². The van der Waals surface area contributed by atoms with Crippen molar-refractivity contribution in [3.63, 3.8) is 0 Å². The van der Waals surface area contributed by atoms with Gasteiger partial charge in [-0.1, -0.05) is 0 Å². The van der Waals surface area contributed by atoms with Gasteiger partial charge in [0.05, 0.1) is 15.4 Å². The molecule has 1 unspecified atom stereocenters. The van der Waals surface area contributed by atoms with Crippen LogP contribution in [0, 0.1) is 0 Å². The topological polar surface area (TPSA) is 70.1 Å². The highest BCUT2D eigenvalue weighted by atomic mass is 79.9. The average molecular weight is 444 g/mol. The number of aryl methyl sites for hydroxylation is 1. The van der Waals surface area contributed by atoms with Gasteiger partial charge in [0, 0.05) is 43.4 Å². The molecule has 0 saturated carbocycles. The molecule has 0 fully saturated rings. The number of nitrogens with zero attached hydrogens (tertiary/aromatic N) is 2. The number of alkyl halides is 3. The molecule has 0 saturated heterocycles. The Bertz CT molecular complexity index is 1050. The molecule has 0 spiro atoms. The lowest BCUT2D eigenvalue weighted by Crippen LogP contribution is -2.29. The maximum absolute atomic E-state index is 12.5. The van der Waals surface area contributed by atoms with Gasteiger partial charge in [-0.2, -0.15) is 13.2 Å². The largest absolute Gasteiger partial charge is 0.491 e. The summed E-state index contributed by atoms with van der Waals surface area (Å²) in [7, 11) is 1.64. The average Bonchev–Trinajstić information content (AvgIpc) is 2.62. The quantitative estimate of drug-likeness (QED) is 0.607. The predicted octanol–water partition coefficient (Wildman–Crippen LogP) is 3.90. The summed E-state index contributed by atoms with van der Waals surface area (Å²) >= 11 is 3.42. The van der Waals surface area contributed by atoms with E-state index in [-0.39, 0.29) is 18.6 Å². The molecule has 27 heavy (non-hydrogen) atoms. The molecule has 2 N–H and O–H groups in total. The highest BCUT2D eigenvalue weighted by molar-refractivity contribution is 9.10. The number of hydrogen-bond donors (Lipinski definition) is 1. The van der Waals surface area contributed by atoms with Gasteiger partial charge in [-0.05, 0) is 39.9 Å². The molecule has 5 nitrogen and oxygen atoms in total. The van der Waals surface area contributed by atoms with E-state index in [2.05, 4.69) is 20.9 Å². The van der Waals surface area contributed by atoms with Crippen LogP contribution in [0.15, 0.2) is 39.9 Å². The predicted molar refractivity (Wildman–Crippen MR) is 101 cm³/mol. The number of halogens is 4. The molecule has 0 aliphatic carbocycles. The van der Waals surface area contributed by atoms with Gasteiger partial charge in [0.1, 0.15) is 12.4 Å². The normalized spacial score (nSPS) is 13.3. The van der Waals surface area contributed by atoms with Crippen LogP contribution in [0.3, 0.4) is 0 Å². The lowest BCUT2D eigenvalue weighted by atomic mass is 10.1. The lowest BCUT2D eigenvalue weighted by molar-refractivity contribution is -0.136. The first kappa shape index (κ1) is 19.6. The van der Waals surface area contributed by atoms with Gasteiger partial charge in [0.2, 0.25) is 0 Å². The van der Waals surface area contributed by atoms with Crippen LogP contribution in [0.25, 0.3) is 21.7 Å². The first-order valence-electron chi connectivity index (χ1n) is 8.18. The van der Waals surface area contributed by atoms with E-state index in [1.165, 1.54) is 10.8 Å². The standard InChI is InChI=1S/C18H17BrF3N3O2/c1-25-15-7-16(27-9-10(23)2-4-18(20,21)22)14(19)6-12(15)11-3-5-24-8-13(11)17(25)26/h3,5-8,10H,2,4,9,23H2,1H3. The summed E-state index contributed by atoms with van der Waals surface area (Å²) < 4.78 is 44.6. The van der Waals surface area contributed by atoms with Crippen LogP contribution in [0.1, 0.15) is 12.8 Å². The van der Waals surface area contributed by atoms with Crippen LogP contribution in [0.4, 0.5) is 13.2 Å². The Balaban J connectivity index is 1.92. The van der Waals surface area contributed by atoms with Gasteiger partial charge in [0.25, 0.3) is 5.56 Å². The van der Waals surface area contributed by atoms with Crippen LogP contribution >= 0.6 is 15.9 Å². The summed E-state index contributed by atoms with van der Waals surface area (Å²) in [6.45, 7) is -0.0639. The third-order valence-corrected chi connectivity index (χ3v) is 4.93. The Morgan fingerprint density at radius 2 is 2.04 bits per heavy atom. The molecule has 3 rings (SSSR count). The summed E-state index contributed by atoms with van der Waals surface area (Å²) in [5.74, 6) is 0.411. The summed E-state index contributed by atoms with van der Waals surface area (Å²) in [5, 5.41) is 2.09. The molecule has 0 amide bonds. The Morgan fingerprint density at radius 3 is 2.74 bits per heavy atom. The maximum Gasteiger partial charge on any atom is 0.389 e. The zero-order chi connectivity index (χ0) is 19.8. The monoisotopic (exact) mass is 443 g/mol. The van der Waals surface area contributed by atoms with E-state index in [0.717, 1.165) is 10.8 Å². The molecule has 0 aliphatic rings.